The van der Waals surface area contributed by atoms with E-state index in [1.807, 2.05) is 30.8 Å². The largest absolute Gasteiger partial charge is 0.478 e. The second-order valence-corrected chi connectivity index (χ2v) is 5.00. The molecule has 0 saturated carbocycles. The summed E-state index contributed by atoms with van der Waals surface area (Å²) in [5, 5.41) is 6.53. The van der Waals surface area contributed by atoms with E-state index in [9.17, 15) is 0 Å². The van der Waals surface area contributed by atoms with E-state index >= 15 is 0 Å². The van der Waals surface area contributed by atoms with Gasteiger partial charge in [-0.3, -0.25) is 0 Å². The molecule has 7 heteroatoms. The molecule has 1 heterocycles. The van der Waals surface area contributed by atoms with Crippen molar-refractivity contribution >= 4 is 41.7 Å². The van der Waals surface area contributed by atoms with Gasteiger partial charge in [0.1, 0.15) is 0 Å². The molecule has 0 aliphatic carbocycles. The number of aromatic nitrogens is 1. The fraction of sp³-hybridized carbons (Fsp3) is 0.571. The molecule has 120 valence electrons. The zero-order valence-electron chi connectivity index (χ0n) is 12.9. The number of nitrogens with one attached hydrogen (secondary N) is 2. The zero-order chi connectivity index (χ0) is 14.6. The van der Waals surface area contributed by atoms with E-state index in [4.69, 9.17) is 4.74 Å². The molecule has 0 saturated heterocycles. The van der Waals surface area contributed by atoms with E-state index in [0.29, 0.717) is 19.0 Å². The molecule has 0 bridgehead atoms. The average molecular weight is 424 g/mol. The first-order valence-corrected chi connectivity index (χ1v) is 8.29. The molecule has 21 heavy (non-hydrogen) atoms. The Bertz CT molecular complexity index is 418. The molecule has 2 N–H and O–H groups in total. The number of ether oxygens (including phenoxy) is 1. The molecule has 0 aliphatic rings. The molecule has 0 aliphatic heterocycles. The summed E-state index contributed by atoms with van der Waals surface area (Å²) in [6.45, 7) is 6.92. The van der Waals surface area contributed by atoms with Gasteiger partial charge in [-0.25, -0.2) is 9.98 Å². The standard InChI is InChI=1S/C14H24N4OS.HI/c1-4-15-14(17-9-10-20-3)18-11-12-7-6-8-16-13(12)19-5-2;/h6-8H,4-5,9-11H2,1-3H3,(H2,15,17,18);1H. The normalized spacial score (nSPS) is 10.7. The molecule has 0 unspecified atom stereocenters. The Morgan fingerprint density at radius 1 is 1.38 bits per heavy atom. The van der Waals surface area contributed by atoms with Crippen molar-refractivity contribution in [3.8, 4) is 5.88 Å². The van der Waals surface area contributed by atoms with Gasteiger partial charge in [0.15, 0.2) is 5.96 Å². The van der Waals surface area contributed by atoms with Crippen LogP contribution >= 0.6 is 35.7 Å². The van der Waals surface area contributed by atoms with Crippen molar-refractivity contribution in [1.82, 2.24) is 15.6 Å². The van der Waals surface area contributed by atoms with Crippen LogP contribution in [0, 0.1) is 0 Å². The van der Waals surface area contributed by atoms with Crippen LogP contribution in [0.5, 0.6) is 5.88 Å². The van der Waals surface area contributed by atoms with Crippen LogP contribution in [0.15, 0.2) is 23.3 Å². The van der Waals surface area contributed by atoms with Gasteiger partial charge in [-0.1, -0.05) is 6.07 Å². The Labute approximate surface area is 148 Å². The second-order valence-electron chi connectivity index (χ2n) is 4.02. The number of nitrogens with zero attached hydrogens (tertiary/aromatic N) is 2. The van der Waals surface area contributed by atoms with Gasteiger partial charge in [-0.05, 0) is 26.2 Å². The summed E-state index contributed by atoms with van der Waals surface area (Å²) in [6.07, 6.45) is 3.83. The number of pyridine rings is 1. The van der Waals surface area contributed by atoms with Crippen LogP contribution in [-0.4, -0.2) is 42.6 Å². The van der Waals surface area contributed by atoms with Crippen molar-refractivity contribution in [3.05, 3.63) is 23.9 Å². The molecule has 0 aromatic carbocycles. The Morgan fingerprint density at radius 3 is 2.86 bits per heavy atom. The third kappa shape index (κ3) is 8.35. The maximum absolute atomic E-state index is 5.50. The van der Waals surface area contributed by atoms with E-state index in [2.05, 4.69) is 33.8 Å². The van der Waals surface area contributed by atoms with Crippen LogP contribution in [0.2, 0.25) is 0 Å². The Kier molecular flexibility index (Phi) is 12.6. The molecule has 0 amide bonds. The van der Waals surface area contributed by atoms with Crippen LogP contribution in [-0.2, 0) is 6.54 Å². The zero-order valence-corrected chi connectivity index (χ0v) is 16.0. The highest BCUT2D eigenvalue weighted by molar-refractivity contribution is 14.0. The highest BCUT2D eigenvalue weighted by atomic mass is 127. The number of hydrogen-bond acceptors (Lipinski definition) is 4. The van der Waals surface area contributed by atoms with Crippen LogP contribution in [0.1, 0.15) is 19.4 Å². The molecular weight excluding hydrogens is 399 g/mol. The van der Waals surface area contributed by atoms with E-state index in [0.717, 1.165) is 30.4 Å². The summed E-state index contributed by atoms with van der Waals surface area (Å²) in [5.41, 5.74) is 0.997. The third-order valence-electron chi connectivity index (χ3n) is 2.48. The first kappa shape index (κ1) is 20.3. The molecule has 0 radical (unpaired) electrons. The Morgan fingerprint density at radius 2 is 2.19 bits per heavy atom. The minimum absolute atomic E-state index is 0. The molecule has 0 spiro atoms. The molecule has 1 rings (SSSR count). The van der Waals surface area contributed by atoms with E-state index in [-0.39, 0.29) is 24.0 Å². The number of rotatable bonds is 8. The van der Waals surface area contributed by atoms with Gasteiger partial charge in [0, 0.05) is 30.6 Å². The maximum Gasteiger partial charge on any atom is 0.218 e. The molecule has 0 fully saturated rings. The van der Waals surface area contributed by atoms with Crippen LogP contribution in [0.3, 0.4) is 0 Å². The smallest absolute Gasteiger partial charge is 0.218 e. The first-order chi connectivity index (χ1) is 9.81. The summed E-state index contributed by atoms with van der Waals surface area (Å²) in [5.74, 6) is 2.55. The number of thioether (sulfide) groups is 1. The molecule has 1 aromatic rings. The van der Waals surface area contributed by atoms with Gasteiger partial charge in [-0.15, -0.1) is 24.0 Å². The predicted octanol–water partition coefficient (Wildman–Crippen LogP) is 2.52. The van der Waals surface area contributed by atoms with Gasteiger partial charge in [-0.2, -0.15) is 11.8 Å². The van der Waals surface area contributed by atoms with E-state index < -0.39 is 0 Å². The van der Waals surface area contributed by atoms with Gasteiger partial charge >= 0.3 is 0 Å². The fourth-order valence-corrected chi connectivity index (χ4v) is 1.89. The highest BCUT2D eigenvalue weighted by Gasteiger charge is 2.04. The Hall–Kier alpha value is -0.700. The van der Waals surface area contributed by atoms with Crippen molar-refractivity contribution < 1.29 is 4.74 Å². The highest BCUT2D eigenvalue weighted by Crippen LogP contribution is 2.15. The van der Waals surface area contributed by atoms with Crippen molar-refractivity contribution in [2.24, 2.45) is 4.99 Å². The quantitative estimate of drug-likeness (QED) is 0.291. The summed E-state index contributed by atoms with van der Waals surface area (Å²) in [6, 6.07) is 3.90. The number of guanidine groups is 1. The lowest BCUT2D eigenvalue weighted by atomic mass is 10.3. The van der Waals surface area contributed by atoms with Crippen molar-refractivity contribution in [3.63, 3.8) is 0 Å². The molecular formula is C14H25IN4OS. The monoisotopic (exact) mass is 424 g/mol. The van der Waals surface area contributed by atoms with Crippen molar-refractivity contribution in [2.45, 2.75) is 20.4 Å². The van der Waals surface area contributed by atoms with Crippen molar-refractivity contribution in [1.29, 1.82) is 0 Å². The lowest BCUT2D eigenvalue weighted by Crippen LogP contribution is -2.38. The molecule has 5 nitrogen and oxygen atoms in total. The lowest BCUT2D eigenvalue weighted by molar-refractivity contribution is 0.323. The first-order valence-electron chi connectivity index (χ1n) is 6.89. The van der Waals surface area contributed by atoms with Gasteiger partial charge in [0.2, 0.25) is 5.88 Å². The number of halogens is 1. The summed E-state index contributed by atoms with van der Waals surface area (Å²) < 4.78 is 5.50. The number of aliphatic imine (C=N–C) groups is 1. The fourth-order valence-electron chi connectivity index (χ4n) is 1.59. The van der Waals surface area contributed by atoms with Crippen LogP contribution in [0.25, 0.3) is 0 Å². The SMILES string of the molecule is CCNC(=NCc1cccnc1OCC)NCCSC.I. The minimum Gasteiger partial charge on any atom is -0.478 e. The van der Waals surface area contributed by atoms with Gasteiger partial charge < -0.3 is 15.4 Å². The van der Waals surface area contributed by atoms with Crippen LogP contribution in [0.4, 0.5) is 0 Å². The topological polar surface area (TPSA) is 58.5 Å². The number of hydrogen-bond donors (Lipinski definition) is 2. The van der Waals surface area contributed by atoms with Gasteiger partial charge in [0.05, 0.1) is 13.2 Å². The summed E-state index contributed by atoms with van der Waals surface area (Å²) >= 11 is 1.81. The lowest BCUT2D eigenvalue weighted by Gasteiger charge is -2.11. The third-order valence-corrected chi connectivity index (χ3v) is 3.09. The maximum atomic E-state index is 5.50. The molecule has 0 atom stereocenters. The predicted molar refractivity (Wildman–Crippen MR) is 102 cm³/mol. The minimum atomic E-state index is 0. The summed E-state index contributed by atoms with van der Waals surface area (Å²) in [7, 11) is 0. The second kappa shape index (κ2) is 13.0. The summed E-state index contributed by atoms with van der Waals surface area (Å²) in [4.78, 5) is 8.80. The van der Waals surface area contributed by atoms with Crippen LogP contribution < -0.4 is 15.4 Å². The Balaban J connectivity index is 0.00000400. The van der Waals surface area contributed by atoms with Gasteiger partial charge in [0.25, 0.3) is 0 Å². The average Bonchev–Trinajstić information content (AvgIpc) is 2.46. The van der Waals surface area contributed by atoms with Crippen molar-refractivity contribution in [2.75, 3.05) is 31.7 Å². The molecule has 1 aromatic heterocycles. The van der Waals surface area contributed by atoms with E-state index in [1.54, 1.807) is 6.20 Å². The van der Waals surface area contributed by atoms with E-state index in [1.165, 1.54) is 0 Å².